The number of benzene rings is 1. The topological polar surface area (TPSA) is 99.4 Å². The van der Waals surface area contributed by atoms with E-state index in [0.717, 1.165) is 0 Å². The summed E-state index contributed by atoms with van der Waals surface area (Å²) >= 11 is 6.02. The molecule has 1 aromatic carbocycles. The van der Waals surface area contributed by atoms with E-state index < -0.39 is 16.8 Å². The van der Waals surface area contributed by atoms with Crippen LogP contribution in [-0.4, -0.2) is 34.0 Å². The summed E-state index contributed by atoms with van der Waals surface area (Å²) in [4.78, 5) is 18.5. The molecule has 1 aliphatic heterocycles. The monoisotopic (exact) mass is 392 g/mol. The van der Waals surface area contributed by atoms with Gasteiger partial charge >= 0.3 is 0 Å². The third kappa shape index (κ3) is 3.03. The fourth-order valence-corrected chi connectivity index (χ4v) is 3.35. The van der Waals surface area contributed by atoms with Crippen LogP contribution in [-0.2, 0) is 16.9 Å². The maximum atomic E-state index is 14.8. The fraction of sp³-hybridized carbons (Fsp3) is 0.389. The van der Waals surface area contributed by atoms with Crippen molar-refractivity contribution in [3.8, 4) is 0 Å². The average molecular weight is 393 g/mol. The van der Waals surface area contributed by atoms with Crippen LogP contribution < -0.4 is 11.1 Å². The number of aromatic nitrogens is 2. The molecule has 0 fully saturated rings. The second kappa shape index (κ2) is 6.53. The fourth-order valence-electron chi connectivity index (χ4n) is 3.19. The largest absolute Gasteiger partial charge is 0.379 e. The van der Waals surface area contributed by atoms with E-state index in [9.17, 15) is 9.18 Å². The summed E-state index contributed by atoms with van der Waals surface area (Å²) in [5.74, 6) is -0.618. The van der Waals surface area contributed by atoms with Crippen molar-refractivity contribution in [3.05, 3.63) is 46.5 Å². The van der Waals surface area contributed by atoms with Crippen molar-refractivity contribution < 1.29 is 9.18 Å². The van der Waals surface area contributed by atoms with Crippen LogP contribution in [0.3, 0.4) is 0 Å². The van der Waals surface area contributed by atoms with Gasteiger partial charge in [-0.25, -0.2) is 9.38 Å². The molecule has 27 heavy (non-hydrogen) atoms. The first kappa shape index (κ1) is 19.2. The summed E-state index contributed by atoms with van der Waals surface area (Å²) in [6.07, 6.45) is 1.51. The summed E-state index contributed by atoms with van der Waals surface area (Å²) in [6.45, 7) is 5.59. The van der Waals surface area contributed by atoms with E-state index in [2.05, 4.69) is 20.5 Å². The molecule has 0 radical (unpaired) electrons. The second-order valence-corrected chi connectivity index (χ2v) is 7.68. The smallest absolute Gasteiger partial charge is 0.237 e. The molecular weight excluding hydrogens is 371 g/mol. The van der Waals surface area contributed by atoms with Gasteiger partial charge in [0.2, 0.25) is 5.91 Å². The number of aromatic amines is 1. The van der Waals surface area contributed by atoms with Crippen LogP contribution in [0.25, 0.3) is 0 Å². The highest BCUT2D eigenvalue weighted by Gasteiger charge is 2.53. The molecule has 4 N–H and O–H groups in total. The molecule has 2 heterocycles. The average Bonchev–Trinajstić information content (AvgIpc) is 3.03. The van der Waals surface area contributed by atoms with Crippen molar-refractivity contribution in [1.82, 2.24) is 15.1 Å². The van der Waals surface area contributed by atoms with E-state index in [1.165, 1.54) is 17.2 Å². The van der Waals surface area contributed by atoms with E-state index in [0.29, 0.717) is 22.9 Å². The van der Waals surface area contributed by atoms with Crippen molar-refractivity contribution in [2.24, 2.45) is 16.1 Å². The number of nitrogens with two attached hydrogens (primary N) is 1. The Bertz CT molecular complexity index is 924. The highest BCUT2D eigenvalue weighted by atomic mass is 35.5. The van der Waals surface area contributed by atoms with Crippen molar-refractivity contribution in [2.45, 2.75) is 32.9 Å². The number of hydrogen-bond donors (Lipinski definition) is 3. The molecule has 144 valence electrons. The van der Waals surface area contributed by atoms with Gasteiger partial charge in [-0.1, -0.05) is 11.6 Å². The number of nitrogens with zero attached hydrogens (tertiary/aromatic N) is 3. The van der Waals surface area contributed by atoms with Crippen LogP contribution in [0.1, 0.15) is 32.0 Å². The molecule has 9 heteroatoms. The molecule has 0 bridgehead atoms. The maximum absolute atomic E-state index is 14.8. The zero-order valence-electron chi connectivity index (χ0n) is 15.6. The highest BCUT2D eigenvalue weighted by molar-refractivity contribution is 6.31. The quantitative estimate of drug-likeness (QED) is 0.744. The summed E-state index contributed by atoms with van der Waals surface area (Å²) in [5.41, 5.74) is 5.44. The molecule has 2 aromatic rings. The number of amides is 1. The molecule has 1 amide bonds. The molecule has 1 unspecified atom stereocenters. The van der Waals surface area contributed by atoms with Gasteiger partial charge in [-0.3, -0.25) is 14.8 Å². The van der Waals surface area contributed by atoms with Crippen LogP contribution in [0.4, 0.5) is 10.1 Å². The molecule has 0 spiro atoms. The Hall–Kier alpha value is -2.61. The first-order valence-corrected chi connectivity index (χ1v) is 8.81. The van der Waals surface area contributed by atoms with Crippen molar-refractivity contribution in [2.75, 3.05) is 12.4 Å². The zero-order chi connectivity index (χ0) is 20.0. The third-order valence-corrected chi connectivity index (χ3v) is 5.69. The normalized spacial score (nSPS) is 21.9. The summed E-state index contributed by atoms with van der Waals surface area (Å²) < 4.78 is 14.8. The Morgan fingerprint density at radius 2 is 2.07 bits per heavy atom. The predicted molar refractivity (Wildman–Crippen MR) is 103 cm³/mol. The number of nitrogens with one attached hydrogen (secondary N) is 2. The SMILES string of the molecule is CN1C(=O)C(C)(C)C(C)(c2cc(NCc3[nH]ncc3Cl)ccc2F)N=C1N. The molecule has 0 saturated heterocycles. The minimum absolute atomic E-state index is 0.0591. The Morgan fingerprint density at radius 3 is 2.70 bits per heavy atom. The number of H-pyrrole nitrogens is 1. The number of aliphatic imine (C=N–C) groups is 1. The van der Waals surface area contributed by atoms with Gasteiger partial charge < -0.3 is 11.1 Å². The lowest BCUT2D eigenvalue weighted by Gasteiger charge is -2.46. The van der Waals surface area contributed by atoms with Crippen LogP contribution in [0.15, 0.2) is 29.4 Å². The molecule has 0 saturated carbocycles. The van der Waals surface area contributed by atoms with E-state index in [1.54, 1.807) is 40.0 Å². The van der Waals surface area contributed by atoms with Gasteiger partial charge in [0.15, 0.2) is 5.96 Å². The molecule has 7 nitrogen and oxygen atoms in total. The number of halogens is 2. The van der Waals surface area contributed by atoms with Gasteiger partial charge in [-0.2, -0.15) is 5.10 Å². The number of carbonyl (C=O) groups is 1. The summed E-state index contributed by atoms with van der Waals surface area (Å²) in [7, 11) is 1.56. The molecular formula is C18H22ClFN6O. The number of rotatable bonds is 4. The minimum Gasteiger partial charge on any atom is -0.379 e. The minimum atomic E-state index is -1.16. The Kier molecular flexibility index (Phi) is 4.63. The first-order valence-electron chi connectivity index (χ1n) is 8.43. The molecule has 0 aliphatic carbocycles. The van der Waals surface area contributed by atoms with Gasteiger partial charge in [0.1, 0.15) is 11.4 Å². The number of hydrogen-bond acceptors (Lipinski definition) is 5. The van der Waals surface area contributed by atoms with Crippen LogP contribution in [0.2, 0.25) is 5.02 Å². The van der Waals surface area contributed by atoms with Gasteiger partial charge in [0.05, 0.1) is 28.9 Å². The van der Waals surface area contributed by atoms with E-state index in [4.69, 9.17) is 17.3 Å². The molecule has 1 atom stereocenters. The number of guanidine groups is 1. The zero-order valence-corrected chi connectivity index (χ0v) is 16.4. The predicted octanol–water partition coefficient (Wildman–Crippen LogP) is 2.84. The molecule has 1 aliphatic rings. The second-order valence-electron chi connectivity index (χ2n) is 7.28. The van der Waals surface area contributed by atoms with E-state index in [-0.39, 0.29) is 17.4 Å². The molecule has 1 aromatic heterocycles. The van der Waals surface area contributed by atoms with Gasteiger partial charge in [-0.05, 0) is 39.0 Å². The van der Waals surface area contributed by atoms with E-state index >= 15 is 0 Å². The van der Waals surface area contributed by atoms with Crippen LogP contribution in [0.5, 0.6) is 0 Å². The van der Waals surface area contributed by atoms with Crippen molar-refractivity contribution in [1.29, 1.82) is 0 Å². The van der Waals surface area contributed by atoms with Gasteiger partial charge in [0, 0.05) is 18.3 Å². The Labute approximate surface area is 161 Å². The standard InChI is InChI=1S/C18H22ClFN6O/c1-17(2)15(27)26(4)16(21)24-18(17,3)11-7-10(5-6-13(11)20)22-9-14-12(19)8-23-25-14/h5-8,22H,9H2,1-4H3,(H2,21,24)(H,23,25). The van der Waals surface area contributed by atoms with Crippen LogP contribution >= 0.6 is 11.6 Å². The van der Waals surface area contributed by atoms with E-state index in [1.807, 2.05) is 0 Å². The van der Waals surface area contributed by atoms with Gasteiger partial charge in [-0.15, -0.1) is 0 Å². The Balaban J connectivity index is 2.00. The maximum Gasteiger partial charge on any atom is 0.237 e. The lowest BCUT2D eigenvalue weighted by atomic mass is 9.67. The van der Waals surface area contributed by atoms with Crippen molar-refractivity contribution >= 4 is 29.2 Å². The molecule has 3 rings (SSSR count). The lowest BCUT2D eigenvalue weighted by Crippen LogP contribution is -2.58. The lowest BCUT2D eigenvalue weighted by molar-refractivity contribution is -0.140. The first-order chi connectivity index (χ1) is 12.6. The highest BCUT2D eigenvalue weighted by Crippen LogP contribution is 2.47. The summed E-state index contributed by atoms with van der Waals surface area (Å²) in [5, 5.41) is 10.3. The number of carbonyl (C=O) groups excluding carboxylic acids is 1. The van der Waals surface area contributed by atoms with Crippen molar-refractivity contribution in [3.63, 3.8) is 0 Å². The summed E-state index contributed by atoms with van der Waals surface area (Å²) in [6, 6.07) is 4.61. The van der Waals surface area contributed by atoms with Gasteiger partial charge in [0.25, 0.3) is 0 Å². The third-order valence-electron chi connectivity index (χ3n) is 5.36. The van der Waals surface area contributed by atoms with Crippen LogP contribution in [0, 0.1) is 11.2 Å². The number of anilines is 1. The Morgan fingerprint density at radius 1 is 1.37 bits per heavy atom.